The Balaban J connectivity index is 3.02. The van der Waals surface area contributed by atoms with E-state index in [0.29, 0.717) is 0 Å². The van der Waals surface area contributed by atoms with Crippen molar-refractivity contribution in [3.8, 4) is 12.3 Å². The number of terminal acetylenes is 1. The van der Waals surface area contributed by atoms with Crippen LogP contribution in [-0.2, 0) is 0 Å². The predicted molar refractivity (Wildman–Crippen MR) is 53.7 cm³/mol. The standard InChI is InChI=1S/C12H12/c1-4-10(3)12-8-6-11(5-2)7-9-12/h2,4,6-9H,1,3H3. The first-order valence-electron chi connectivity index (χ1n) is 3.98. The van der Waals surface area contributed by atoms with Crippen LogP contribution in [-0.4, -0.2) is 0 Å². The Morgan fingerprint density at radius 1 is 1.33 bits per heavy atom. The molecule has 0 saturated carbocycles. The van der Waals surface area contributed by atoms with Crippen molar-refractivity contribution in [2.24, 2.45) is 0 Å². The van der Waals surface area contributed by atoms with Crippen molar-refractivity contribution >= 4 is 5.57 Å². The molecule has 0 aliphatic heterocycles. The van der Waals surface area contributed by atoms with E-state index in [4.69, 9.17) is 6.42 Å². The topological polar surface area (TPSA) is 0 Å². The van der Waals surface area contributed by atoms with Crippen LogP contribution in [0.5, 0.6) is 0 Å². The molecule has 60 valence electrons. The number of rotatable bonds is 1. The monoisotopic (exact) mass is 156 g/mol. The van der Waals surface area contributed by atoms with E-state index in [2.05, 4.69) is 18.9 Å². The van der Waals surface area contributed by atoms with E-state index >= 15 is 0 Å². The van der Waals surface area contributed by atoms with Crippen LogP contribution in [0.1, 0.15) is 25.0 Å². The highest BCUT2D eigenvalue weighted by Gasteiger charge is 1.92. The molecule has 0 nitrogen and oxygen atoms in total. The largest absolute Gasteiger partial charge is 0.115 e. The highest BCUT2D eigenvalue weighted by molar-refractivity contribution is 5.63. The summed E-state index contributed by atoms with van der Waals surface area (Å²) >= 11 is 0. The Kier molecular flexibility index (Phi) is 2.71. The summed E-state index contributed by atoms with van der Waals surface area (Å²) in [7, 11) is 0. The molecule has 0 aromatic heterocycles. The molecule has 0 fully saturated rings. The summed E-state index contributed by atoms with van der Waals surface area (Å²) in [6.45, 7) is 4.12. The maximum atomic E-state index is 5.24. The van der Waals surface area contributed by atoms with Gasteiger partial charge in [0.25, 0.3) is 0 Å². The van der Waals surface area contributed by atoms with Gasteiger partial charge in [0.15, 0.2) is 0 Å². The number of allylic oxidation sites excluding steroid dienone is 2. The van der Waals surface area contributed by atoms with Gasteiger partial charge in [-0.15, -0.1) is 6.42 Å². The third kappa shape index (κ3) is 1.77. The van der Waals surface area contributed by atoms with Crippen molar-refractivity contribution in [3.05, 3.63) is 41.5 Å². The molecule has 0 spiro atoms. The molecule has 1 aromatic carbocycles. The lowest BCUT2D eigenvalue weighted by Crippen LogP contribution is -1.79. The Bertz CT molecular complexity index is 320. The minimum Gasteiger partial charge on any atom is -0.115 e. The second-order valence-electron chi connectivity index (χ2n) is 2.69. The van der Waals surface area contributed by atoms with E-state index in [1.165, 1.54) is 11.1 Å². The summed E-state index contributed by atoms with van der Waals surface area (Å²) < 4.78 is 0. The Morgan fingerprint density at radius 3 is 2.33 bits per heavy atom. The normalized spacial score (nSPS) is 10.9. The minimum absolute atomic E-state index is 0.933. The van der Waals surface area contributed by atoms with Crippen LogP contribution in [0.4, 0.5) is 0 Å². The molecule has 1 rings (SSSR count). The summed E-state index contributed by atoms with van der Waals surface area (Å²) in [6.07, 6.45) is 7.33. The molecule has 0 heteroatoms. The zero-order valence-corrected chi connectivity index (χ0v) is 7.46. The maximum absolute atomic E-state index is 5.24. The van der Waals surface area contributed by atoms with E-state index in [1.54, 1.807) is 0 Å². The van der Waals surface area contributed by atoms with Crippen LogP contribution in [0.25, 0.3) is 5.57 Å². The Labute approximate surface area is 73.9 Å². The van der Waals surface area contributed by atoms with Gasteiger partial charge < -0.3 is 0 Å². The van der Waals surface area contributed by atoms with Gasteiger partial charge in [0, 0.05) is 5.56 Å². The first-order chi connectivity index (χ1) is 5.77. The van der Waals surface area contributed by atoms with E-state index in [1.807, 2.05) is 31.2 Å². The summed E-state index contributed by atoms with van der Waals surface area (Å²) in [5.74, 6) is 2.59. The molecule has 0 atom stereocenters. The summed E-state index contributed by atoms with van der Waals surface area (Å²) in [5.41, 5.74) is 3.44. The zero-order chi connectivity index (χ0) is 8.97. The van der Waals surface area contributed by atoms with E-state index < -0.39 is 0 Å². The lowest BCUT2D eigenvalue weighted by atomic mass is 10.1. The quantitative estimate of drug-likeness (QED) is 0.548. The molecule has 0 amide bonds. The van der Waals surface area contributed by atoms with Crippen LogP contribution >= 0.6 is 0 Å². The van der Waals surface area contributed by atoms with Gasteiger partial charge in [-0.1, -0.05) is 24.1 Å². The lowest BCUT2D eigenvalue weighted by Gasteiger charge is -1.99. The molecule has 0 radical (unpaired) electrons. The fraction of sp³-hybridized carbons (Fsp3) is 0.167. The van der Waals surface area contributed by atoms with E-state index in [-0.39, 0.29) is 0 Å². The van der Waals surface area contributed by atoms with Gasteiger partial charge in [0.05, 0.1) is 0 Å². The lowest BCUT2D eigenvalue weighted by molar-refractivity contribution is 1.53. The van der Waals surface area contributed by atoms with Gasteiger partial charge >= 0.3 is 0 Å². The third-order valence-electron chi connectivity index (χ3n) is 1.94. The minimum atomic E-state index is 0.933. The molecule has 0 saturated heterocycles. The van der Waals surface area contributed by atoms with E-state index in [9.17, 15) is 0 Å². The zero-order valence-electron chi connectivity index (χ0n) is 7.46. The predicted octanol–water partition coefficient (Wildman–Crippen LogP) is 3.09. The average Bonchev–Trinajstić information content (AvgIpc) is 2.17. The van der Waals surface area contributed by atoms with Gasteiger partial charge in [0.1, 0.15) is 0 Å². The van der Waals surface area contributed by atoms with Crippen molar-refractivity contribution in [2.75, 3.05) is 0 Å². The van der Waals surface area contributed by atoms with Crippen molar-refractivity contribution in [3.63, 3.8) is 0 Å². The number of benzene rings is 1. The molecule has 12 heavy (non-hydrogen) atoms. The van der Waals surface area contributed by atoms with Gasteiger partial charge in [0.2, 0.25) is 0 Å². The SMILES string of the molecule is C#Cc1ccc(C(C)=CC)cc1. The van der Waals surface area contributed by atoms with Crippen molar-refractivity contribution in [1.29, 1.82) is 0 Å². The number of hydrogen-bond acceptors (Lipinski definition) is 0. The maximum Gasteiger partial charge on any atom is 0.0243 e. The van der Waals surface area contributed by atoms with Crippen LogP contribution < -0.4 is 0 Å². The summed E-state index contributed by atoms with van der Waals surface area (Å²) in [5, 5.41) is 0. The molecular formula is C12H12. The van der Waals surface area contributed by atoms with Gasteiger partial charge in [-0.3, -0.25) is 0 Å². The molecule has 1 aromatic rings. The highest BCUT2D eigenvalue weighted by atomic mass is 14.0. The molecular weight excluding hydrogens is 144 g/mol. The third-order valence-corrected chi connectivity index (χ3v) is 1.94. The van der Waals surface area contributed by atoms with Crippen molar-refractivity contribution in [1.82, 2.24) is 0 Å². The first-order valence-corrected chi connectivity index (χ1v) is 3.98. The van der Waals surface area contributed by atoms with Crippen LogP contribution in [0, 0.1) is 12.3 Å². The fourth-order valence-electron chi connectivity index (χ4n) is 0.996. The number of hydrogen-bond donors (Lipinski definition) is 0. The van der Waals surface area contributed by atoms with Crippen LogP contribution in [0.15, 0.2) is 30.3 Å². The molecule has 0 bridgehead atoms. The van der Waals surface area contributed by atoms with Gasteiger partial charge in [-0.25, -0.2) is 0 Å². The molecule has 0 N–H and O–H groups in total. The molecule has 0 unspecified atom stereocenters. The van der Waals surface area contributed by atoms with E-state index in [0.717, 1.165) is 5.56 Å². The smallest absolute Gasteiger partial charge is 0.0243 e. The fourth-order valence-corrected chi connectivity index (χ4v) is 0.996. The summed E-state index contributed by atoms with van der Waals surface area (Å²) in [6, 6.07) is 8.01. The van der Waals surface area contributed by atoms with Crippen LogP contribution in [0.2, 0.25) is 0 Å². The molecule has 0 heterocycles. The van der Waals surface area contributed by atoms with Crippen LogP contribution in [0.3, 0.4) is 0 Å². The second kappa shape index (κ2) is 3.78. The Hall–Kier alpha value is -1.48. The van der Waals surface area contributed by atoms with Crippen molar-refractivity contribution in [2.45, 2.75) is 13.8 Å². The van der Waals surface area contributed by atoms with Gasteiger partial charge in [-0.2, -0.15) is 0 Å². The van der Waals surface area contributed by atoms with Crippen molar-refractivity contribution < 1.29 is 0 Å². The Morgan fingerprint density at radius 2 is 1.92 bits per heavy atom. The summed E-state index contributed by atoms with van der Waals surface area (Å²) in [4.78, 5) is 0. The highest BCUT2D eigenvalue weighted by Crippen LogP contribution is 2.13. The van der Waals surface area contributed by atoms with Gasteiger partial charge in [-0.05, 0) is 37.1 Å². The second-order valence-corrected chi connectivity index (χ2v) is 2.69. The average molecular weight is 156 g/mol. The molecule has 0 aliphatic rings. The molecule has 0 aliphatic carbocycles. The first kappa shape index (κ1) is 8.62.